The normalized spacial score (nSPS) is 10.2. The minimum atomic E-state index is -0.600. The van der Waals surface area contributed by atoms with E-state index in [1.54, 1.807) is 12.1 Å². The maximum absolute atomic E-state index is 13.1. The van der Waals surface area contributed by atoms with Gasteiger partial charge in [0, 0.05) is 19.8 Å². The summed E-state index contributed by atoms with van der Waals surface area (Å²) in [6.07, 6.45) is -0.600. The molecule has 1 aromatic carbocycles. The Bertz CT molecular complexity index is 356. The van der Waals surface area contributed by atoms with Crippen molar-refractivity contribution in [1.29, 1.82) is 5.26 Å². The molecule has 0 aliphatic carbocycles. The molecule has 0 aromatic heterocycles. The maximum Gasteiger partial charge on any atom is 0.183 e. The summed E-state index contributed by atoms with van der Waals surface area (Å²) < 4.78 is 23.0. The molecule has 0 unspecified atom stereocenters. The second-order valence-electron chi connectivity index (χ2n) is 2.65. The summed E-state index contributed by atoms with van der Waals surface area (Å²) in [5.74, 6) is -0.566. The van der Waals surface area contributed by atoms with Crippen LogP contribution in [0.2, 0.25) is 0 Å². The van der Waals surface area contributed by atoms with Crippen molar-refractivity contribution in [2.45, 2.75) is 6.29 Å². The fourth-order valence-corrected chi connectivity index (χ4v) is 1.14. The van der Waals surface area contributed by atoms with Crippen LogP contribution in [0.3, 0.4) is 0 Å². The van der Waals surface area contributed by atoms with E-state index in [4.69, 9.17) is 14.7 Å². The van der Waals surface area contributed by atoms with Crippen LogP contribution in [0, 0.1) is 17.1 Å². The molecule has 74 valence electrons. The number of methoxy groups -OCH3 is 2. The Morgan fingerprint density at radius 2 is 2.00 bits per heavy atom. The Morgan fingerprint density at radius 3 is 2.43 bits per heavy atom. The predicted molar refractivity (Wildman–Crippen MR) is 47.9 cm³/mol. The van der Waals surface area contributed by atoms with Gasteiger partial charge < -0.3 is 9.47 Å². The summed E-state index contributed by atoms with van der Waals surface area (Å²) in [7, 11) is 2.93. The number of nitriles is 1. The van der Waals surface area contributed by atoms with Crippen molar-refractivity contribution in [2.75, 3.05) is 14.2 Å². The molecule has 1 rings (SSSR count). The van der Waals surface area contributed by atoms with E-state index in [1.807, 2.05) is 0 Å². The Hall–Kier alpha value is -1.44. The lowest BCUT2D eigenvalue weighted by atomic mass is 10.1. The van der Waals surface area contributed by atoms with Gasteiger partial charge in [-0.1, -0.05) is 6.07 Å². The molecule has 0 aliphatic rings. The van der Waals surface area contributed by atoms with Crippen LogP contribution in [0.4, 0.5) is 4.39 Å². The summed E-state index contributed by atoms with van der Waals surface area (Å²) in [4.78, 5) is 0. The first-order valence-corrected chi connectivity index (χ1v) is 3.98. The van der Waals surface area contributed by atoms with Gasteiger partial charge in [0.1, 0.15) is 11.9 Å². The zero-order chi connectivity index (χ0) is 10.6. The molecule has 0 atom stereocenters. The van der Waals surface area contributed by atoms with Crippen LogP contribution in [-0.4, -0.2) is 14.2 Å². The van der Waals surface area contributed by atoms with Crippen molar-refractivity contribution in [3.05, 3.63) is 35.1 Å². The van der Waals surface area contributed by atoms with Crippen LogP contribution in [0.1, 0.15) is 17.4 Å². The highest BCUT2D eigenvalue weighted by molar-refractivity contribution is 5.33. The van der Waals surface area contributed by atoms with Crippen LogP contribution in [0.15, 0.2) is 18.2 Å². The van der Waals surface area contributed by atoms with Crippen molar-refractivity contribution < 1.29 is 13.9 Å². The Balaban J connectivity index is 3.02. The van der Waals surface area contributed by atoms with Crippen LogP contribution in [0.5, 0.6) is 0 Å². The van der Waals surface area contributed by atoms with E-state index in [-0.39, 0.29) is 5.56 Å². The second kappa shape index (κ2) is 4.70. The van der Waals surface area contributed by atoms with Crippen LogP contribution < -0.4 is 0 Å². The Labute approximate surface area is 81.7 Å². The third-order valence-corrected chi connectivity index (χ3v) is 1.81. The minimum absolute atomic E-state index is 0.0136. The zero-order valence-corrected chi connectivity index (χ0v) is 7.95. The number of nitrogens with zero attached hydrogens (tertiary/aromatic N) is 1. The molecule has 0 aliphatic heterocycles. The van der Waals surface area contributed by atoms with E-state index in [0.717, 1.165) is 0 Å². The van der Waals surface area contributed by atoms with Crippen LogP contribution >= 0.6 is 0 Å². The monoisotopic (exact) mass is 195 g/mol. The van der Waals surface area contributed by atoms with E-state index >= 15 is 0 Å². The van der Waals surface area contributed by atoms with Gasteiger partial charge in [-0.3, -0.25) is 0 Å². The quantitative estimate of drug-likeness (QED) is 0.692. The lowest BCUT2D eigenvalue weighted by Gasteiger charge is -2.13. The highest BCUT2D eigenvalue weighted by Gasteiger charge is 2.11. The molecule has 4 heteroatoms. The first-order valence-electron chi connectivity index (χ1n) is 3.98. The molecule has 0 bridgehead atoms. The average Bonchev–Trinajstić information content (AvgIpc) is 2.20. The summed E-state index contributed by atoms with van der Waals surface area (Å²) >= 11 is 0. The molecule has 0 amide bonds. The third-order valence-electron chi connectivity index (χ3n) is 1.81. The molecular weight excluding hydrogens is 185 g/mol. The molecule has 0 fully saturated rings. The highest BCUT2D eigenvalue weighted by atomic mass is 19.1. The molecule has 0 N–H and O–H groups in total. The molecule has 14 heavy (non-hydrogen) atoms. The van der Waals surface area contributed by atoms with Gasteiger partial charge in [-0.25, -0.2) is 4.39 Å². The third kappa shape index (κ3) is 2.08. The van der Waals surface area contributed by atoms with Gasteiger partial charge in [-0.15, -0.1) is 0 Å². The Kier molecular flexibility index (Phi) is 3.57. The van der Waals surface area contributed by atoms with E-state index in [0.29, 0.717) is 5.56 Å². The number of hydrogen-bond acceptors (Lipinski definition) is 3. The first-order chi connectivity index (χ1) is 6.72. The van der Waals surface area contributed by atoms with Crippen molar-refractivity contribution in [2.24, 2.45) is 0 Å². The van der Waals surface area contributed by atoms with Gasteiger partial charge in [-0.2, -0.15) is 5.26 Å². The van der Waals surface area contributed by atoms with Gasteiger partial charge >= 0.3 is 0 Å². The van der Waals surface area contributed by atoms with Crippen molar-refractivity contribution in [3.8, 4) is 6.07 Å². The molecule has 0 saturated carbocycles. The van der Waals surface area contributed by atoms with Crippen molar-refractivity contribution in [3.63, 3.8) is 0 Å². The number of hydrogen-bond donors (Lipinski definition) is 0. The summed E-state index contributed by atoms with van der Waals surface area (Å²) in [5.41, 5.74) is 0.561. The molecule has 0 spiro atoms. The van der Waals surface area contributed by atoms with Gasteiger partial charge in [0.25, 0.3) is 0 Å². The van der Waals surface area contributed by atoms with E-state index in [2.05, 4.69) is 0 Å². The standard InChI is InChI=1S/C10H10FNO2/c1-13-10(14-2)7-3-4-8(6-12)9(11)5-7/h3-5,10H,1-2H3. The molecule has 0 heterocycles. The summed E-state index contributed by atoms with van der Waals surface area (Å²) in [6, 6.07) is 5.97. The molecule has 3 nitrogen and oxygen atoms in total. The van der Waals surface area contributed by atoms with Gasteiger partial charge in [0.15, 0.2) is 6.29 Å². The summed E-state index contributed by atoms with van der Waals surface area (Å²) in [5, 5.41) is 8.51. The van der Waals surface area contributed by atoms with Gasteiger partial charge in [0.2, 0.25) is 0 Å². The van der Waals surface area contributed by atoms with Crippen molar-refractivity contribution >= 4 is 0 Å². The number of benzene rings is 1. The largest absolute Gasteiger partial charge is 0.352 e. The maximum atomic E-state index is 13.1. The SMILES string of the molecule is COC(OC)c1ccc(C#N)c(F)c1. The lowest BCUT2D eigenvalue weighted by Crippen LogP contribution is -2.04. The summed E-state index contributed by atoms with van der Waals surface area (Å²) in [6.45, 7) is 0. The van der Waals surface area contributed by atoms with Crippen molar-refractivity contribution in [1.82, 2.24) is 0 Å². The number of rotatable bonds is 3. The molecular formula is C10H10FNO2. The first kappa shape index (κ1) is 10.6. The highest BCUT2D eigenvalue weighted by Crippen LogP contribution is 2.19. The van der Waals surface area contributed by atoms with E-state index in [9.17, 15) is 4.39 Å². The molecule has 0 radical (unpaired) electrons. The minimum Gasteiger partial charge on any atom is -0.352 e. The second-order valence-corrected chi connectivity index (χ2v) is 2.65. The zero-order valence-electron chi connectivity index (χ0n) is 7.95. The smallest absolute Gasteiger partial charge is 0.183 e. The van der Waals surface area contributed by atoms with Crippen LogP contribution in [-0.2, 0) is 9.47 Å². The lowest BCUT2D eigenvalue weighted by molar-refractivity contribution is -0.106. The number of ether oxygens (including phenoxy) is 2. The fraction of sp³-hybridized carbons (Fsp3) is 0.300. The molecule has 0 saturated heterocycles. The predicted octanol–water partition coefficient (Wildman–Crippen LogP) is 1.99. The van der Waals surface area contributed by atoms with Gasteiger partial charge in [0.05, 0.1) is 5.56 Å². The molecule has 1 aromatic rings. The van der Waals surface area contributed by atoms with Crippen LogP contribution in [0.25, 0.3) is 0 Å². The van der Waals surface area contributed by atoms with Gasteiger partial charge in [-0.05, 0) is 12.1 Å². The van der Waals surface area contributed by atoms with E-state index < -0.39 is 12.1 Å². The fourth-order valence-electron chi connectivity index (χ4n) is 1.14. The Morgan fingerprint density at radius 1 is 1.36 bits per heavy atom. The number of halogens is 1. The average molecular weight is 195 g/mol. The topological polar surface area (TPSA) is 42.2 Å². The van der Waals surface area contributed by atoms with E-state index in [1.165, 1.54) is 26.4 Å².